The second kappa shape index (κ2) is 10.9. The molecular weight excluding hydrogens is 298 g/mol. The van der Waals surface area contributed by atoms with Gasteiger partial charge in [-0.25, -0.2) is 0 Å². The molecule has 0 unspecified atom stereocenters. The molecule has 0 amide bonds. The third kappa shape index (κ3) is 6.98. The number of piperidine rings is 2. The van der Waals surface area contributed by atoms with Crippen molar-refractivity contribution in [2.45, 2.75) is 58.4 Å². The topological polar surface area (TPSA) is 42.9 Å². The summed E-state index contributed by atoms with van der Waals surface area (Å²) in [6.45, 7) is 13.1. The molecule has 2 rings (SSSR count). The lowest BCUT2D eigenvalue weighted by Crippen LogP contribution is -2.49. The monoisotopic (exact) mass is 337 g/mol. The Hall–Kier alpha value is -0.810. The second-order valence-electron chi connectivity index (χ2n) is 7.64. The molecule has 0 atom stereocenters. The number of aliphatic imine (C=N–C) groups is 1. The lowest BCUT2D eigenvalue weighted by Gasteiger charge is -2.33. The van der Waals surface area contributed by atoms with E-state index in [1.165, 1.54) is 77.8 Å². The minimum atomic E-state index is 0.577. The van der Waals surface area contributed by atoms with Gasteiger partial charge in [0.1, 0.15) is 0 Å². The van der Waals surface area contributed by atoms with Gasteiger partial charge in [-0.3, -0.25) is 4.99 Å². The van der Waals surface area contributed by atoms with Crippen LogP contribution in [0.1, 0.15) is 52.4 Å². The predicted octanol–water partition coefficient (Wildman–Crippen LogP) is 2.15. The van der Waals surface area contributed by atoms with Gasteiger partial charge >= 0.3 is 0 Å². The first-order valence-corrected chi connectivity index (χ1v) is 10.1. The van der Waals surface area contributed by atoms with Crippen molar-refractivity contribution in [1.82, 2.24) is 20.4 Å². The highest BCUT2D eigenvalue weighted by atomic mass is 15.2. The Balaban J connectivity index is 1.56. The van der Waals surface area contributed by atoms with Crippen LogP contribution in [0.5, 0.6) is 0 Å². The van der Waals surface area contributed by atoms with Crippen LogP contribution in [0.2, 0.25) is 0 Å². The maximum absolute atomic E-state index is 4.40. The quantitative estimate of drug-likeness (QED) is 0.424. The van der Waals surface area contributed by atoms with Crippen LogP contribution in [0.25, 0.3) is 0 Å². The van der Waals surface area contributed by atoms with Gasteiger partial charge in [0, 0.05) is 32.7 Å². The number of rotatable bonds is 7. The molecular formula is C19H39N5. The van der Waals surface area contributed by atoms with Crippen LogP contribution < -0.4 is 10.6 Å². The summed E-state index contributed by atoms with van der Waals surface area (Å²) in [6.07, 6.45) is 7.65. The van der Waals surface area contributed by atoms with Crippen LogP contribution in [0.4, 0.5) is 0 Å². The van der Waals surface area contributed by atoms with Crippen molar-refractivity contribution < 1.29 is 0 Å². The number of likely N-dealkylation sites (tertiary alicyclic amines) is 2. The molecule has 0 bridgehead atoms. The van der Waals surface area contributed by atoms with Gasteiger partial charge in [-0.2, -0.15) is 0 Å². The van der Waals surface area contributed by atoms with E-state index in [-0.39, 0.29) is 0 Å². The van der Waals surface area contributed by atoms with Gasteiger partial charge in [0.15, 0.2) is 5.96 Å². The molecule has 0 aromatic carbocycles. The summed E-state index contributed by atoms with van der Waals surface area (Å²) >= 11 is 0. The fourth-order valence-electron chi connectivity index (χ4n) is 3.80. The smallest absolute Gasteiger partial charge is 0.191 e. The molecule has 5 heteroatoms. The molecule has 0 aromatic rings. The molecule has 2 N–H and O–H groups in total. The Morgan fingerprint density at radius 2 is 1.62 bits per heavy atom. The molecule has 2 heterocycles. The first-order valence-electron chi connectivity index (χ1n) is 10.1. The highest BCUT2D eigenvalue weighted by molar-refractivity contribution is 5.79. The summed E-state index contributed by atoms with van der Waals surface area (Å²) < 4.78 is 0. The van der Waals surface area contributed by atoms with Crippen LogP contribution in [-0.2, 0) is 0 Å². The Morgan fingerprint density at radius 3 is 2.25 bits per heavy atom. The fourth-order valence-corrected chi connectivity index (χ4v) is 3.80. The van der Waals surface area contributed by atoms with Crippen LogP contribution in [0.3, 0.4) is 0 Å². The molecule has 2 saturated heterocycles. The fraction of sp³-hybridized carbons (Fsp3) is 0.947. The standard InChI is InChI=1S/C19H39N5/c1-4-11-23-15-8-18(9-16-23)22-19(20-3)21-10-5-12-24-13-6-17(2)7-14-24/h17-18H,4-16H2,1-3H3,(H2,20,21,22). The van der Waals surface area contributed by atoms with Crippen LogP contribution in [0, 0.1) is 5.92 Å². The van der Waals surface area contributed by atoms with Crippen molar-refractivity contribution in [3.63, 3.8) is 0 Å². The van der Waals surface area contributed by atoms with Gasteiger partial charge in [0.2, 0.25) is 0 Å². The maximum Gasteiger partial charge on any atom is 0.191 e. The van der Waals surface area contributed by atoms with E-state index in [2.05, 4.69) is 39.3 Å². The van der Waals surface area contributed by atoms with Crippen molar-refractivity contribution in [3.8, 4) is 0 Å². The molecule has 0 aromatic heterocycles. The summed E-state index contributed by atoms with van der Waals surface area (Å²) in [6, 6.07) is 0.577. The van der Waals surface area contributed by atoms with Crippen LogP contribution in [-0.4, -0.2) is 74.7 Å². The lowest BCUT2D eigenvalue weighted by molar-refractivity contribution is 0.191. The van der Waals surface area contributed by atoms with Crippen LogP contribution in [0.15, 0.2) is 4.99 Å². The maximum atomic E-state index is 4.40. The molecule has 140 valence electrons. The molecule has 2 aliphatic heterocycles. The number of guanidine groups is 1. The zero-order valence-corrected chi connectivity index (χ0v) is 16.2. The van der Waals surface area contributed by atoms with Crippen molar-refractivity contribution in [2.24, 2.45) is 10.9 Å². The predicted molar refractivity (Wildman–Crippen MR) is 104 cm³/mol. The molecule has 0 saturated carbocycles. The van der Waals surface area contributed by atoms with Crippen molar-refractivity contribution in [2.75, 3.05) is 52.9 Å². The van der Waals surface area contributed by atoms with E-state index in [9.17, 15) is 0 Å². The second-order valence-corrected chi connectivity index (χ2v) is 7.64. The Labute approximate surface area is 149 Å². The van der Waals surface area contributed by atoms with Crippen LogP contribution >= 0.6 is 0 Å². The number of nitrogens with zero attached hydrogens (tertiary/aromatic N) is 3. The molecule has 2 fully saturated rings. The molecule has 5 nitrogen and oxygen atoms in total. The first-order chi connectivity index (χ1) is 11.7. The van der Waals surface area contributed by atoms with Gasteiger partial charge in [0.05, 0.1) is 0 Å². The molecule has 2 aliphatic rings. The first kappa shape index (κ1) is 19.5. The van der Waals surface area contributed by atoms with E-state index in [4.69, 9.17) is 0 Å². The number of nitrogens with one attached hydrogen (secondary N) is 2. The Morgan fingerprint density at radius 1 is 1.00 bits per heavy atom. The van der Waals surface area contributed by atoms with E-state index in [1.807, 2.05) is 7.05 Å². The SMILES string of the molecule is CCCN1CCC(NC(=NC)NCCCN2CCC(C)CC2)CC1. The van der Waals surface area contributed by atoms with Crippen molar-refractivity contribution in [1.29, 1.82) is 0 Å². The summed E-state index contributed by atoms with van der Waals surface area (Å²) in [5.41, 5.74) is 0. The molecule has 0 aliphatic carbocycles. The van der Waals surface area contributed by atoms with E-state index in [0.29, 0.717) is 6.04 Å². The van der Waals surface area contributed by atoms with Gasteiger partial charge in [-0.15, -0.1) is 0 Å². The van der Waals surface area contributed by atoms with Gasteiger partial charge < -0.3 is 20.4 Å². The van der Waals surface area contributed by atoms with E-state index in [0.717, 1.165) is 18.4 Å². The highest BCUT2D eigenvalue weighted by Crippen LogP contribution is 2.15. The molecule has 0 radical (unpaired) electrons. The number of hydrogen-bond acceptors (Lipinski definition) is 3. The minimum Gasteiger partial charge on any atom is -0.356 e. The summed E-state index contributed by atoms with van der Waals surface area (Å²) in [4.78, 5) is 9.59. The van der Waals surface area contributed by atoms with Crippen molar-refractivity contribution in [3.05, 3.63) is 0 Å². The molecule has 24 heavy (non-hydrogen) atoms. The average Bonchev–Trinajstić information content (AvgIpc) is 2.61. The van der Waals surface area contributed by atoms with Crippen molar-refractivity contribution >= 4 is 5.96 Å². The van der Waals surface area contributed by atoms with Gasteiger partial charge in [-0.05, 0) is 70.6 Å². The molecule has 0 spiro atoms. The van der Waals surface area contributed by atoms with E-state index >= 15 is 0 Å². The zero-order chi connectivity index (χ0) is 17.2. The summed E-state index contributed by atoms with van der Waals surface area (Å²) in [5, 5.41) is 7.11. The largest absolute Gasteiger partial charge is 0.356 e. The van der Waals surface area contributed by atoms with Gasteiger partial charge in [0.25, 0.3) is 0 Å². The minimum absolute atomic E-state index is 0.577. The zero-order valence-electron chi connectivity index (χ0n) is 16.2. The third-order valence-corrected chi connectivity index (χ3v) is 5.51. The average molecular weight is 338 g/mol. The van der Waals surface area contributed by atoms with Gasteiger partial charge in [-0.1, -0.05) is 13.8 Å². The van der Waals surface area contributed by atoms with E-state index < -0.39 is 0 Å². The van der Waals surface area contributed by atoms with E-state index in [1.54, 1.807) is 0 Å². The number of hydrogen-bond donors (Lipinski definition) is 2. The Kier molecular flexibility index (Phi) is 8.89. The Bertz CT molecular complexity index is 355. The highest BCUT2D eigenvalue weighted by Gasteiger charge is 2.19. The third-order valence-electron chi connectivity index (χ3n) is 5.51. The summed E-state index contributed by atoms with van der Waals surface area (Å²) in [5.74, 6) is 1.90. The lowest BCUT2D eigenvalue weighted by atomic mass is 9.99. The summed E-state index contributed by atoms with van der Waals surface area (Å²) in [7, 11) is 1.88. The normalized spacial score (nSPS) is 22.7.